The van der Waals surface area contributed by atoms with Gasteiger partial charge in [0.05, 0.1) is 24.4 Å². The average molecular weight is 364 g/mol. The fourth-order valence-electron chi connectivity index (χ4n) is 3.72. The summed E-state index contributed by atoms with van der Waals surface area (Å²) < 4.78 is 13.1. The second-order valence-corrected chi connectivity index (χ2v) is 6.84. The summed E-state index contributed by atoms with van der Waals surface area (Å²) in [5.74, 6) is -0.233. The number of likely N-dealkylation sites (tertiary alicyclic amines) is 1. The normalized spacial score (nSPS) is 17.1. The van der Waals surface area contributed by atoms with Crippen LogP contribution in [0.15, 0.2) is 55.0 Å². The number of carbonyl (C=O) groups is 1. The summed E-state index contributed by atoms with van der Waals surface area (Å²) in [6.07, 6.45) is 8.55. The highest BCUT2D eigenvalue weighted by atomic mass is 19.1. The molecule has 2 aromatic heterocycles. The summed E-state index contributed by atoms with van der Waals surface area (Å²) in [5, 5.41) is 7.35. The van der Waals surface area contributed by atoms with Crippen LogP contribution in [0.2, 0.25) is 0 Å². The topological polar surface area (TPSA) is 61.9 Å². The smallest absolute Gasteiger partial charge is 0.227 e. The predicted molar refractivity (Wildman–Crippen MR) is 100 cm³/mol. The maximum atomic E-state index is 13.1. The molecule has 3 aromatic rings. The summed E-state index contributed by atoms with van der Waals surface area (Å²) in [4.78, 5) is 19.0. The van der Waals surface area contributed by atoms with E-state index in [1.165, 1.54) is 12.1 Å². The van der Waals surface area contributed by atoms with Crippen molar-refractivity contribution in [3.63, 3.8) is 0 Å². The number of H-pyrrole nitrogens is 1. The lowest BCUT2D eigenvalue weighted by molar-refractivity contribution is -0.134. The third-order valence-corrected chi connectivity index (χ3v) is 5.09. The van der Waals surface area contributed by atoms with Crippen LogP contribution >= 0.6 is 0 Å². The van der Waals surface area contributed by atoms with E-state index in [1.54, 1.807) is 24.5 Å². The third kappa shape index (κ3) is 3.74. The monoisotopic (exact) mass is 364 g/mol. The zero-order chi connectivity index (χ0) is 18.6. The van der Waals surface area contributed by atoms with Gasteiger partial charge < -0.3 is 4.90 Å². The molecule has 1 amide bonds. The SMILES string of the molecule is O=C(Cc1ccc(F)cc1)N1CCCC[C@H]1c1[nH]ncc1-c1ccncc1. The molecule has 1 saturated heterocycles. The second-order valence-electron chi connectivity index (χ2n) is 6.84. The molecule has 4 rings (SSSR count). The van der Waals surface area contributed by atoms with Crippen molar-refractivity contribution in [3.8, 4) is 11.1 Å². The molecule has 1 fully saturated rings. The highest BCUT2D eigenvalue weighted by Gasteiger charge is 2.30. The van der Waals surface area contributed by atoms with E-state index in [2.05, 4.69) is 15.2 Å². The number of nitrogens with one attached hydrogen (secondary N) is 1. The van der Waals surface area contributed by atoms with E-state index in [1.807, 2.05) is 23.2 Å². The molecular weight excluding hydrogens is 343 g/mol. The molecule has 1 aliphatic heterocycles. The number of rotatable bonds is 4. The molecule has 0 spiro atoms. The van der Waals surface area contributed by atoms with Crippen molar-refractivity contribution in [2.75, 3.05) is 6.54 Å². The van der Waals surface area contributed by atoms with Gasteiger partial charge in [0, 0.05) is 24.5 Å². The molecule has 138 valence electrons. The molecule has 0 aliphatic carbocycles. The molecule has 1 N–H and O–H groups in total. The Morgan fingerprint density at radius 1 is 1.15 bits per heavy atom. The number of nitrogens with zero attached hydrogens (tertiary/aromatic N) is 3. The van der Waals surface area contributed by atoms with Crippen molar-refractivity contribution in [1.29, 1.82) is 0 Å². The van der Waals surface area contributed by atoms with Gasteiger partial charge in [-0.15, -0.1) is 0 Å². The van der Waals surface area contributed by atoms with Gasteiger partial charge in [-0.1, -0.05) is 12.1 Å². The number of amides is 1. The van der Waals surface area contributed by atoms with Gasteiger partial charge in [-0.05, 0) is 54.7 Å². The van der Waals surface area contributed by atoms with Crippen LogP contribution < -0.4 is 0 Å². The maximum absolute atomic E-state index is 13.1. The predicted octanol–water partition coefficient (Wildman–Crippen LogP) is 3.91. The summed E-state index contributed by atoms with van der Waals surface area (Å²) >= 11 is 0. The quantitative estimate of drug-likeness (QED) is 0.764. The first kappa shape index (κ1) is 17.4. The van der Waals surface area contributed by atoms with Crippen LogP contribution in [-0.4, -0.2) is 32.5 Å². The maximum Gasteiger partial charge on any atom is 0.227 e. The molecule has 3 heterocycles. The average Bonchev–Trinajstić information content (AvgIpc) is 3.20. The molecule has 27 heavy (non-hydrogen) atoms. The zero-order valence-electron chi connectivity index (χ0n) is 14.9. The van der Waals surface area contributed by atoms with E-state index < -0.39 is 0 Å². The Hall–Kier alpha value is -3.02. The van der Waals surface area contributed by atoms with Crippen molar-refractivity contribution >= 4 is 5.91 Å². The van der Waals surface area contributed by atoms with Crippen molar-refractivity contribution < 1.29 is 9.18 Å². The Labute approximate surface area is 157 Å². The van der Waals surface area contributed by atoms with Gasteiger partial charge in [0.15, 0.2) is 0 Å². The zero-order valence-corrected chi connectivity index (χ0v) is 14.9. The third-order valence-electron chi connectivity index (χ3n) is 5.09. The lowest BCUT2D eigenvalue weighted by Crippen LogP contribution is -2.39. The van der Waals surface area contributed by atoms with Gasteiger partial charge in [-0.25, -0.2) is 4.39 Å². The lowest BCUT2D eigenvalue weighted by Gasteiger charge is -2.36. The number of halogens is 1. The molecular formula is C21H21FN4O. The Morgan fingerprint density at radius 2 is 1.93 bits per heavy atom. The van der Waals surface area contributed by atoms with Gasteiger partial charge in [0.1, 0.15) is 5.82 Å². The van der Waals surface area contributed by atoms with Gasteiger partial charge >= 0.3 is 0 Å². The van der Waals surface area contributed by atoms with E-state index in [4.69, 9.17) is 0 Å². The molecule has 0 bridgehead atoms. The van der Waals surface area contributed by atoms with Crippen LogP contribution in [0.4, 0.5) is 4.39 Å². The molecule has 6 heteroatoms. The fraction of sp³-hybridized carbons (Fsp3) is 0.286. The first-order chi connectivity index (χ1) is 13.2. The summed E-state index contributed by atoms with van der Waals surface area (Å²) in [5.41, 5.74) is 3.83. The van der Waals surface area contributed by atoms with Crippen LogP contribution in [0.25, 0.3) is 11.1 Å². The summed E-state index contributed by atoms with van der Waals surface area (Å²) in [6, 6.07) is 10.00. The van der Waals surface area contributed by atoms with E-state index in [0.29, 0.717) is 0 Å². The Kier molecular flexibility index (Phi) is 4.96. The van der Waals surface area contributed by atoms with Crippen molar-refractivity contribution in [1.82, 2.24) is 20.1 Å². The molecule has 0 unspecified atom stereocenters. The minimum atomic E-state index is -0.290. The van der Waals surface area contributed by atoms with Crippen LogP contribution in [0.5, 0.6) is 0 Å². The molecule has 1 atom stereocenters. The molecule has 1 aliphatic rings. The van der Waals surface area contributed by atoms with E-state index in [-0.39, 0.29) is 24.2 Å². The first-order valence-corrected chi connectivity index (χ1v) is 9.20. The van der Waals surface area contributed by atoms with E-state index >= 15 is 0 Å². The Morgan fingerprint density at radius 3 is 2.70 bits per heavy atom. The number of pyridine rings is 1. The molecule has 5 nitrogen and oxygen atoms in total. The largest absolute Gasteiger partial charge is 0.334 e. The van der Waals surface area contributed by atoms with Crippen molar-refractivity contribution in [3.05, 3.63) is 72.1 Å². The summed E-state index contributed by atoms with van der Waals surface area (Å²) in [6.45, 7) is 0.722. The number of benzene rings is 1. The number of hydrogen-bond donors (Lipinski definition) is 1. The Balaban J connectivity index is 1.59. The van der Waals surface area contributed by atoms with Crippen LogP contribution in [0, 0.1) is 5.82 Å². The fourth-order valence-corrected chi connectivity index (χ4v) is 3.72. The highest BCUT2D eigenvalue weighted by molar-refractivity contribution is 5.80. The van der Waals surface area contributed by atoms with Crippen molar-refractivity contribution in [2.24, 2.45) is 0 Å². The van der Waals surface area contributed by atoms with Crippen LogP contribution in [-0.2, 0) is 11.2 Å². The Bertz CT molecular complexity index is 907. The number of carbonyl (C=O) groups excluding carboxylic acids is 1. The summed E-state index contributed by atoms with van der Waals surface area (Å²) in [7, 11) is 0. The van der Waals surface area contributed by atoms with Crippen LogP contribution in [0.3, 0.4) is 0 Å². The number of aromatic nitrogens is 3. The number of hydrogen-bond acceptors (Lipinski definition) is 3. The molecule has 1 aromatic carbocycles. The lowest BCUT2D eigenvalue weighted by atomic mass is 9.94. The number of piperidine rings is 1. The number of aromatic amines is 1. The molecule has 0 saturated carbocycles. The minimum absolute atomic E-state index is 0.0302. The standard InChI is InChI=1S/C21H21FN4O/c22-17-6-4-15(5-7-17)13-20(27)26-12-2-1-3-19(26)21-18(14-24-25-21)16-8-10-23-11-9-16/h4-11,14,19H,1-3,12-13H2,(H,24,25)/t19-/m0/s1. The van der Waals surface area contributed by atoms with E-state index in [9.17, 15) is 9.18 Å². The van der Waals surface area contributed by atoms with Crippen LogP contribution in [0.1, 0.15) is 36.6 Å². The molecule has 0 radical (unpaired) electrons. The van der Waals surface area contributed by atoms with Gasteiger partial charge in [-0.3, -0.25) is 14.9 Å². The minimum Gasteiger partial charge on any atom is -0.334 e. The van der Waals surface area contributed by atoms with E-state index in [0.717, 1.165) is 48.2 Å². The van der Waals surface area contributed by atoms with Crippen molar-refractivity contribution in [2.45, 2.75) is 31.7 Å². The first-order valence-electron chi connectivity index (χ1n) is 9.20. The second kappa shape index (κ2) is 7.70. The van der Waals surface area contributed by atoms with Gasteiger partial charge in [-0.2, -0.15) is 5.10 Å². The highest BCUT2D eigenvalue weighted by Crippen LogP contribution is 2.35. The van der Waals surface area contributed by atoms with Gasteiger partial charge in [0.2, 0.25) is 5.91 Å². The van der Waals surface area contributed by atoms with Gasteiger partial charge in [0.25, 0.3) is 0 Å².